The van der Waals surface area contributed by atoms with Crippen LogP contribution in [0, 0.1) is 5.82 Å². The maximum absolute atomic E-state index is 13.0. The van der Waals surface area contributed by atoms with Gasteiger partial charge >= 0.3 is 0 Å². The summed E-state index contributed by atoms with van der Waals surface area (Å²) in [5.74, 6) is -1.32. The standard InChI is InChI=1S/C8H8ClFN2O2S/c9-4-8(13)12-5-1-2-6(10)7(3-5)15(11)14/h1-3H,4,11H2,(H,12,13). The zero-order valence-corrected chi connectivity index (χ0v) is 9.07. The van der Waals surface area contributed by atoms with Crippen molar-refractivity contribution in [2.75, 3.05) is 11.2 Å². The van der Waals surface area contributed by atoms with Crippen molar-refractivity contribution in [1.29, 1.82) is 0 Å². The highest BCUT2D eigenvalue weighted by Crippen LogP contribution is 2.18. The Morgan fingerprint density at radius 3 is 2.87 bits per heavy atom. The summed E-state index contributed by atoms with van der Waals surface area (Å²) in [5, 5.41) is 7.43. The molecule has 1 unspecified atom stereocenters. The predicted octanol–water partition coefficient (Wildman–Crippen LogP) is 0.984. The number of carbonyl (C=O) groups excluding carboxylic acids is 1. The first-order valence-electron chi connectivity index (χ1n) is 3.86. The van der Waals surface area contributed by atoms with E-state index < -0.39 is 23.1 Å². The van der Waals surface area contributed by atoms with Crippen LogP contribution < -0.4 is 10.5 Å². The van der Waals surface area contributed by atoms with Crippen molar-refractivity contribution in [3.63, 3.8) is 0 Å². The van der Waals surface area contributed by atoms with Crippen molar-refractivity contribution in [3.05, 3.63) is 24.0 Å². The van der Waals surface area contributed by atoms with Gasteiger partial charge in [-0.25, -0.2) is 4.39 Å². The lowest BCUT2D eigenvalue weighted by molar-refractivity contribution is -0.113. The lowest BCUT2D eigenvalue weighted by Gasteiger charge is -2.07. The number of carbonyl (C=O) groups is 1. The number of nitrogens with one attached hydrogen (secondary N) is 1. The topological polar surface area (TPSA) is 78.2 Å². The molecule has 0 aromatic heterocycles. The molecule has 0 aliphatic carbocycles. The summed E-state index contributed by atoms with van der Waals surface area (Å²) in [6, 6.07) is 3.61. The number of benzene rings is 1. The van der Waals surface area contributed by atoms with Crippen LogP contribution in [0.2, 0.25) is 0 Å². The Morgan fingerprint density at radius 1 is 1.67 bits per heavy atom. The minimum Gasteiger partial charge on any atom is -0.593 e. The molecule has 1 aromatic rings. The Bertz CT molecular complexity index is 376. The van der Waals surface area contributed by atoms with Crippen LogP contribution in [0.25, 0.3) is 0 Å². The minimum atomic E-state index is -1.93. The zero-order valence-electron chi connectivity index (χ0n) is 7.50. The average molecular weight is 251 g/mol. The van der Waals surface area contributed by atoms with Gasteiger partial charge in [0.2, 0.25) is 10.8 Å². The molecular weight excluding hydrogens is 243 g/mol. The third-order valence-electron chi connectivity index (χ3n) is 1.55. The van der Waals surface area contributed by atoms with E-state index in [1.807, 2.05) is 0 Å². The Kier molecular flexibility index (Phi) is 4.34. The molecule has 1 rings (SSSR count). The van der Waals surface area contributed by atoms with Crippen molar-refractivity contribution in [2.45, 2.75) is 4.90 Å². The van der Waals surface area contributed by atoms with Crippen LogP contribution in [0.4, 0.5) is 10.1 Å². The second-order valence-corrected chi connectivity index (χ2v) is 3.93. The van der Waals surface area contributed by atoms with Crippen molar-refractivity contribution in [3.8, 4) is 0 Å². The molecule has 82 valence electrons. The van der Waals surface area contributed by atoms with E-state index in [9.17, 15) is 13.7 Å². The normalized spacial score (nSPS) is 12.3. The molecule has 0 saturated carbocycles. The molecule has 0 aliphatic rings. The fourth-order valence-corrected chi connectivity index (χ4v) is 1.50. The molecule has 0 heterocycles. The number of amides is 1. The fourth-order valence-electron chi connectivity index (χ4n) is 0.930. The summed E-state index contributed by atoms with van der Waals surface area (Å²) in [6.45, 7) is 0. The van der Waals surface area contributed by atoms with Gasteiger partial charge in [0.25, 0.3) is 0 Å². The smallest absolute Gasteiger partial charge is 0.239 e. The summed E-state index contributed by atoms with van der Waals surface area (Å²) < 4.78 is 23.9. The summed E-state index contributed by atoms with van der Waals surface area (Å²) in [6.07, 6.45) is 0. The van der Waals surface area contributed by atoms with Crippen molar-refractivity contribution < 1.29 is 13.7 Å². The van der Waals surface area contributed by atoms with E-state index in [1.165, 1.54) is 12.1 Å². The number of nitrogens with two attached hydrogens (primary N) is 1. The van der Waals surface area contributed by atoms with Crippen molar-refractivity contribution in [1.82, 2.24) is 0 Å². The number of hydrogen-bond acceptors (Lipinski definition) is 3. The molecule has 15 heavy (non-hydrogen) atoms. The molecule has 1 atom stereocenters. The molecule has 0 fully saturated rings. The Balaban J connectivity index is 2.92. The third-order valence-corrected chi connectivity index (χ3v) is 2.54. The van der Waals surface area contributed by atoms with Gasteiger partial charge in [-0.15, -0.1) is 16.7 Å². The van der Waals surface area contributed by atoms with Crippen LogP contribution in [0.1, 0.15) is 0 Å². The van der Waals surface area contributed by atoms with Gasteiger partial charge in [0.15, 0.2) is 5.82 Å². The molecule has 0 spiro atoms. The zero-order chi connectivity index (χ0) is 11.4. The predicted molar refractivity (Wildman–Crippen MR) is 56.3 cm³/mol. The largest absolute Gasteiger partial charge is 0.593 e. The van der Waals surface area contributed by atoms with Gasteiger partial charge in [-0.1, -0.05) is 0 Å². The molecule has 0 saturated heterocycles. The molecule has 7 heteroatoms. The molecular formula is C8H8ClFN2O2S. The highest BCUT2D eigenvalue weighted by atomic mass is 35.5. The number of hydrogen-bond donors (Lipinski definition) is 2. The molecule has 0 radical (unpaired) electrons. The van der Waals surface area contributed by atoms with Gasteiger partial charge in [0.1, 0.15) is 5.88 Å². The molecule has 1 aromatic carbocycles. The highest BCUT2D eigenvalue weighted by molar-refractivity contribution is 7.89. The van der Waals surface area contributed by atoms with Crippen LogP contribution in [0.15, 0.2) is 23.1 Å². The second-order valence-electron chi connectivity index (χ2n) is 2.62. The number of rotatable bonds is 3. The van der Waals surface area contributed by atoms with Crippen LogP contribution in [-0.2, 0) is 16.2 Å². The maximum Gasteiger partial charge on any atom is 0.239 e. The number of halogens is 2. The van der Waals surface area contributed by atoms with E-state index in [2.05, 4.69) is 5.32 Å². The van der Waals surface area contributed by atoms with E-state index >= 15 is 0 Å². The highest BCUT2D eigenvalue weighted by Gasteiger charge is 2.14. The first-order valence-corrected chi connectivity index (χ1v) is 5.61. The monoisotopic (exact) mass is 250 g/mol. The third kappa shape index (κ3) is 3.35. The van der Waals surface area contributed by atoms with Gasteiger partial charge in [0, 0.05) is 11.8 Å². The molecule has 0 aliphatic heterocycles. The summed E-state index contributed by atoms with van der Waals surface area (Å²) in [4.78, 5) is 10.7. The van der Waals surface area contributed by atoms with E-state index in [-0.39, 0.29) is 10.8 Å². The van der Waals surface area contributed by atoms with Gasteiger partial charge in [0.05, 0.1) is 11.4 Å². The molecule has 1 amide bonds. The maximum atomic E-state index is 13.0. The van der Waals surface area contributed by atoms with Gasteiger partial charge < -0.3 is 9.87 Å². The van der Waals surface area contributed by atoms with Crippen molar-refractivity contribution in [2.24, 2.45) is 5.14 Å². The molecule has 3 N–H and O–H groups in total. The number of alkyl halides is 1. The average Bonchev–Trinajstić information content (AvgIpc) is 2.20. The minimum absolute atomic E-state index is 0.164. The summed E-state index contributed by atoms with van der Waals surface area (Å²) >= 11 is 3.34. The Labute approximate surface area is 93.9 Å². The molecule has 4 nitrogen and oxygen atoms in total. The lowest BCUT2D eigenvalue weighted by atomic mass is 10.3. The second kappa shape index (κ2) is 5.32. The van der Waals surface area contributed by atoms with Crippen LogP contribution in [0.5, 0.6) is 0 Å². The van der Waals surface area contributed by atoms with E-state index in [0.29, 0.717) is 5.69 Å². The Hall–Kier alpha value is -0.820. The lowest BCUT2D eigenvalue weighted by Crippen LogP contribution is -2.16. The van der Waals surface area contributed by atoms with Gasteiger partial charge in [-0.05, 0) is 12.1 Å². The summed E-state index contributed by atoms with van der Waals surface area (Å²) in [5.41, 5.74) is 0.302. The van der Waals surface area contributed by atoms with E-state index in [0.717, 1.165) is 6.07 Å². The number of anilines is 1. The SMILES string of the molecule is N[S+]([O-])c1cc(NC(=O)CCl)ccc1F. The Morgan fingerprint density at radius 2 is 2.33 bits per heavy atom. The van der Waals surface area contributed by atoms with Gasteiger partial charge in [-0.2, -0.15) is 0 Å². The first kappa shape index (κ1) is 12.3. The van der Waals surface area contributed by atoms with Crippen LogP contribution in [0.3, 0.4) is 0 Å². The summed E-state index contributed by atoms with van der Waals surface area (Å²) in [7, 11) is 0. The van der Waals surface area contributed by atoms with E-state index in [4.69, 9.17) is 16.7 Å². The van der Waals surface area contributed by atoms with Crippen LogP contribution >= 0.6 is 11.6 Å². The van der Waals surface area contributed by atoms with Crippen molar-refractivity contribution >= 4 is 34.6 Å². The van der Waals surface area contributed by atoms with Crippen LogP contribution in [-0.4, -0.2) is 16.3 Å². The first-order chi connectivity index (χ1) is 7.04. The van der Waals surface area contributed by atoms with Gasteiger partial charge in [-0.3, -0.25) is 4.79 Å². The quantitative estimate of drug-likeness (QED) is 0.620. The van der Waals surface area contributed by atoms with E-state index in [1.54, 1.807) is 0 Å². The molecule has 0 bridgehead atoms. The fraction of sp³-hybridized carbons (Fsp3) is 0.125.